The molecular weight excluding hydrogens is 472 g/mol. The minimum Gasteiger partial charge on any atom is -0.484 e. The minimum absolute atomic E-state index is 0.0208. The molecule has 1 unspecified atom stereocenters. The molecule has 0 N–H and O–H groups in total. The van der Waals surface area contributed by atoms with E-state index in [0.717, 1.165) is 37.3 Å². The second-order valence-corrected chi connectivity index (χ2v) is 9.77. The van der Waals surface area contributed by atoms with Crippen LogP contribution in [-0.4, -0.2) is 41.2 Å². The summed E-state index contributed by atoms with van der Waals surface area (Å²) < 4.78 is 25.8. The molecule has 2 aromatic rings. The molecule has 0 aliphatic carbocycles. The Morgan fingerprint density at radius 2 is 1.86 bits per heavy atom. The number of ether oxygens (including phenoxy) is 2. The highest BCUT2D eigenvalue weighted by molar-refractivity contribution is 14.1. The van der Waals surface area contributed by atoms with Gasteiger partial charge in [0.1, 0.15) is 19.0 Å². The van der Waals surface area contributed by atoms with Gasteiger partial charge in [-0.2, -0.15) is 0 Å². The van der Waals surface area contributed by atoms with Gasteiger partial charge in [-0.1, -0.05) is 22.6 Å². The molecular formula is C21H25FIN3O2. The number of fused-ring (bicyclic) bond motifs is 1. The number of pyridine rings is 2. The predicted molar refractivity (Wildman–Crippen MR) is 114 cm³/mol. The lowest BCUT2D eigenvalue weighted by Gasteiger charge is -2.42. The smallest absolute Gasteiger partial charge is 0.257 e. The number of alkyl halides is 1. The van der Waals surface area contributed by atoms with Crippen LogP contribution in [0.15, 0.2) is 18.2 Å². The maximum atomic E-state index is 14.8. The van der Waals surface area contributed by atoms with Gasteiger partial charge in [0.05, 0.1) is 15.2 Å². The topological polar surface area (TPSA) is 47.5 Å². The van der Waals surface area contributed by atoms with Crippen molar-refractivity contribution in [1.29, 1.82) is 0 Å². The van der Waals surface area contributed by atoms with E-state index in [9.17, 15) is 4.39 Å². The van der Waals surface area contributed by atoms with Gasteiger partial charge in [0.15, 0.2) is 5.75 Å². The monoisotopic (exact) mass is 497 g/mol. The molecule has 2 aromatic heterocycles. The molecule has 0 aromatic carbocycles. The fraction of sp³-hybridized carbons (Fsp3) is 0.524. The molecule has 0 amide bonds. The van der Waals surface area contributed by atoms with E-state index in [1.165, 1.54) is 11.6 Å². The van der Waals surface area contributed by atoms with Gasteiger partial charge in [0, 0.05) is 24.0 Å². The standard InChI is InChI=1S/C21H25FIN3O2/c1-13-9-16(10-14(2)24-13)21(23)5-4-6-26(12-21)15(3)19-17(22)11-18-20(25-19)28-8-7-27-18/h9-11,15H,4-8,12H2,1-3H3/t15?,21-/m0/s1. The molecule has 2 aliphatic rings. The zero-order chi connectivity index (χ0) is 19.9. The first kappa shape index (κ1) is 19.8. The van der Waals surface area contributed by atoms with E-state index in [1.54, 1.807) is 0 Å². The Bertz CT molecular complexity index is 874. The van der Waals surface area contributed by atoms with Crippen molar-refractivity contribution in [2.75, 3.05) is 26.3 Å². The zero-order valence-electron chi connectivity index (χ0n) is 16.5. The molecule has 150 valence electrons. The van der Waals surface area contributed by atoms with E-state index in [4.69, 9.17) is 9.47 Å². The van der Waals surface area contributed by atoms with Gasteiger partial charge in [0.2, 0.25) is 0 Å². The summed E-state index contributed by atoms with van der Waals surface area (Å²) >= 11 is 2.57. The van der Waals surface area contributed by atoms with Crippen LogP contribution in [0.25, 0.3) is 0 Å². The Hall–Kier alpha value is -1.48. The molecule has 1 saturated heterocycles. The number of likely N-dealkylation sites (tertiary alicyclic amines) is 1. The van der Waals surface area contributed by atoms with Crippen molar-refractivity contribution in [2.24, 2.45) is 0 Å². The lowest BCUT2D eigenvalue weighted by atomic mass is 9.89. The molecule has 2 atom stereocenters. The van der Waals surface area contributed by atoms with Gasteiger partial charge in [-0.3, -0.25) is 9.88 Å². The second-order valence-electron chi connectivity index (χ2n) is 7.71. The molecule has 5 nitrogen and oxygen atoms in total. The molecule has 1 fully saturated rings. The first-order valence-corrected chi connectivity index (χ1v) is 10.8. The summed E-state index contributed by atoms with van der Waals surface area (Å²) in [6.45, 7) is 8.73. The molecule has 0 bridgehead atoms. The molecule has 0 spiro atoms. The highest BCUT2D eigenvalue weighted by Gasteiger charge is 2.38. The number of aromatic nitrogens is 2. The second kappa shape index (κ2) is 7.74. The summed E-state index contributed by atoms with van der Waals surface area (Å²) in [6.07, 6.45) is 2.15. The van der Waals surface area contributed by atoms with Crippen molar-refractivity contribution in [3.63, 3.8) is 0 Å². The Balaban J connectivity index is 1.61. The number of hydrogen-bond donors (Lipinski definition) is 0. The SMILES string of the molecule is Cc1cc([C@]2(I)CCCN(C(C)c3nc4c(cc3F)OCCO4)C2)cc(C)n1. The zero-order valence-corrected chi connectivity index (χ0v) is 18.6. The van der Waals surface area contributed by atoms with Crippen LogP contribution in [0.3, 0.4) is 0 Å². The maximum absolute atomic E-state index is 14.8. The van der Waals surface area contributed by atoms with Crippen molar-refractivity contribution >= 4 is 22.6 Å². The van der Waals surface area contributed by atoms with Crippen molar-refractivity contribution in [1.82, 2.24) is 14.9 Å². The van der Waals surface area contributed by atoms with Crippen LogP contribution in [0.2, 0.25) is 0 Å². The Kier molecular flexibility index (Phi) is 5.48. The van der Waals surface area contributed by atoms with Crippen LogP contribution in [0.1, 0.15) is 48.5 Å². The first-order chi connectivity index (χ1) is 13.4. The van der Waals surface area contributed by atoms with Crippen LogP contribution in [0.5, 0.6) is 11.6 Å². The molecule has 28 heavy (non-hydrogen) atoms. The van der Waals surface area contributed by atoms with E-state index in [-0.39, 0.29) is 15.3 Å². The van der Waals surface area contributed by atoms with Gasteiger partial charge < -0.3 is 9.47 Å². The van der Waals surface area contributed by atoms with Crippen LogP contribution in [0.4, 0.5) is 4.39 Å². The number of aryl methyl sites for hydroxylation is 2. The minimum atomic E-state index is -0.336. The van der Waals surface area contributed by atoms with E-state index in [1.807, 2.05) is 20.8 Å². The number of nitrogens with zero attached hydrogens (tertiary/aromatic N) is 3. The predicted octanol–water partition coefficient (Wildman–Crippen LogP) is 4.49. The Morgan fingerprint density at radius 3 is 2.61 bits per heavy atom. The van der Waals surface area contributed by atoms with Gasteiger partial charge in [-0.25, -0.2) is 9.37 Å². The molecule has 2 aliphatic heterocycles. The van der Waals surface area contributed by atoms with Crippen molar-refractivity contribution in [3.05, 3.63) is 46.7 Å². The van der Waals surface area contributed by atoms with E-state index >= 15 is 0 Å². The number of piperidine rings is 1. The largest absolute Gasteiger partial charge is 0.484 e. The van der Waals surface area contributed by atoms with Gasteiger partial charge in [-0.05, 0) is 57.9 Å². The first-order valence-electron chi connectivity index (χ1n) is 9.70. The fourth-order valence-corrected chi connectivity index (χ4v) is 5.26. The summed E-state index contributed by atoms with van der Waals surface area (Å²) in [5.74, 6) is 0.453. The van der Waals surface area contributed by atoms with Crippen molar-refractivity contribution in [3.8, 4) is 11.6 Å². The normalized spacial score (nSPS) is 23.5. The summed E-state index contributed by atoms with van der Waals surface area (Å²) in [6, 6.07) is 5.62. The third kappa shape index (κ3) is 3.83. The summed E-state index contributed by atoms with van der Waals surface area (Å²) in [5.41, 5.74) is 3.80. The average Bonchev–Trinajstić information content (AvgIpc) is 2.66. The fourth-order valence-electron chi connectivity index (χ4n) is 4.13. The lowest BCUT2D eigenvalue weighted by molar-refractivity contribution is 0.140. The summed E-state index contributed by atoms with van der Waals surface area (Å²) in [4.78, 5) is 11.3. The summed E-state index contributed by atoms with van der Waals surface area (Å²) in [5, 5.41) is 0. The lowest BCUT2D eigenvalue weighted by Crippen LogP contribution is -2.44. The Labute approximate surface area is 178 Å². The summed E-state index contributed by atoms with van der Waals surface area (Å²) in [7, 11) is 0. The van der Waals surface area contributed by atoms with E-state index in [2.05, 4.69) is 49.6 Å². The highest BCUT2D eigenvalue weighted by Crippen LogP contribution is 2.43. The van der Waals surface area contributed by atoms with Crippen molar-refractivity contribution in [2.45, 2.75) is 43.1 Å². The number of rotatable bonds is 3. The van der Waals surface area contributed by atoms with Crippen LogP contribution in [-0.2, 0) is 3.42 Å². The number of halogens is 2. The van der Waals surface area contributed by atoms with Crippen LogP contribution >= 0.6 is 22.6 Å². The van der Waals surface area contributed by atoms with E-state index in [0.29, 0.717) is 30.5 Å². The van der Waals surface area contributed by atoms with Crippen LogP contribution < -0.4 is 9.47 Å². The highest BCUT2D eigenvalue weighted by atomic mass is 127. The van der Waals surface area contributed by atoms with Gasteiger partial charge in [-0.15, -0.1) is 0 Å². The molecule has 7 heteroatoms. The van der Waals surface area contributed by atoms with Crippen LogP contribution in [0, 0.1) is 19.7 Å². The molecule has 0 radical (unpaired) electrons. The Morgan fingerprint density at radius 1 is 1.14 bits per heavy atom. The molecule has 4 rings (SSSR count). The maximum Gasteiger partial charge on any atom is 0.257 e. The molecule has 0 saturated carbocycles. The van der Waals surface area contributed by atoms with Gasteiger partial charge in [0.25, 0.3) is 5.88 Å². The average molecular weight is 497 g/mol. The third-order valence-corrected chi connectivity index (χ3v) is 7.03. The number of hydrogen-bond acceptors (Lipinski definition) is 5. The quantitative estimate of drug-likeness (QED) is 0.462. The van der Waals surface area contributed by atoms with Crippen molar-refractivity contribution < 1.29 is 13.9 Å². The van der Waals surface area contributed by atoms with E-state index < -0.39 is 0 Å². The van der Waals surface area contributed by atoms with Gasteiger partial charge >= 0.3 is 0 Å². The third-order valence-electron chi connectivity index (χ3n) is 5.53. The molecule has 4 heterocycles.